The molecule has 0 aliphatic rings. The Bertz CT molecular complexity index is 4800. The average Bonchev–Trinajstić information content (AvgIpc) is 0.882. The molecule has 19 N–H and O–H groups in total. The molecule has 0 aliphatic heterocycles. The zero-order chi connectivity index (χ0) is 106. The van der Waals surface area contributed by atoms with E-state index in [1.165, 1.54) is 124 Å². The lowest BCUT2D eigenvalue weighted by Crippen LogP contribution is -2.25. The van der Waals surface area contributed by atoms with E-state index in [2.05, 4.69) is 63.1 Å². The number of carboxylic acids is 5. The third-order valence-corrected chi connectivity index (χ3v) is 32.4. The number of pyridine rings is 2. The first kappa shape index (κ1) is 130. The maximum atomic E-state index is 13.5. The Morgan fingerprint density at radius 2 is 0.699 bits per heavy atom. The minimum Gasteiger partial charge on any atom is -0.481 e. The van der Waals surface area contributed by atoms with Crippen molar-refractivity contribution in [3.8, 4) is 5.88 Å². The molecular formula is C97H132Br2FN11O22S10. The number of anilines is 1. The van der Waals surface area contributed by atoms with Crippen LogP contribution in [0.4, 0.5) is 10.1 Å². The lowest BCUT2D eigenvalue weighted by atomic mass is 10.1. The zero-order valence-corrected chi connectivity index (χ0v) is 91.2. The second-order valence-corrected chi connectivity index (χ2v) is 45.3. The van der Waals surface area contributed by atoms with Gasteiger partial charge in [-0.25, -0.2) is 9.37 Å². The van der Waals surface area contributed by atoms with Gasteiger partial charge in [0.2, 0.25) is 63.4 Å². The number of benzene rings is 4. The first-order valence-electron chi connectivity index (χ1n) is 45.9. The van der Waals surface area contributed by atoms with Crippen LogP contribution in [0.3, 0.4) is 0 Å². The highest BCUT2D eigenvalue weighted by Crippen LogP contribution is 2.31. The van der Waals surface area contributed by atoms with Crippen molar-refractivity contribution in [3.05, 3.63) is 188 Å². The summed E-state index contributed by atoms with van der Waals surface area (Å²) in [5, 5.41) is 55.7. The number of thioether (sulfide) groups is 10. The molecular weight excluding hydrogens is 2170 g/mol. The van der Waals surface area contributed by atoms with Crippen molar-refractivity contribution in [1.29, 1.82) is 0 Å². The van der Waals surface area contributed by atoms with Crippen LogP contribution in [0.2, 0.25) is 0 Å². The summed E-state index contributed by atoms with van der Waals surface area (Å²) in [5.74, 6) is -0.224. The molecule has 5 atom stereocenters. The number of methoxy groups -OCH3 is 1. The van der Waals surface area contributed by atoms with Crippen LogP contribution in [0.1, 0.15) is 208 Å². The van der Waals surface area contributed by atoms with E-state index in [9.17, 15) is 81.1 Å². The molecule has 33 nitrogen and oxygen atoms in total. The van der Waals surface area contributed by atoms with Gasteiger partial charge in [0.1, 0.15) is 11.5 Å². The predicted octanol–water partition coefficient (Wildman–Crippen LogP) is 16.1. The molecule has 788 valence electrons. The summed E-state index contributed by atoms with van der Waals surface area (Å²) in [7, 11) is 1.55. The van der Waals surface area contributed by atoms with Gasteiger partial charge in [-0.05, 0) is 203 Å². The first-order valence-corrected chi connectivity index (χ1v) is 58.2. The van der Waals surface area contributed by atoms with Gasteiger partial charge >= 0.3 is 29.8 Å². The Morgan fingerprint density at radius 1 is 0.364 bits per heavy atom. The highest BCUT2D eigenvalue weighted by Gasteiger charge is 2.22. The van der Waals surface area contributed by atoms with Crippen LogP contribution in [-0.2, 0) is 82.0 Å². The van der Waals surface area contributed by atoms with Crippen LogP contribution in [0.15, 0.2) is 149 Å². The minimum absolute atomic E-state index is 0.00466. The topological polar surface area (TPSA) is 588 Å². The molecule has 46 heteroatoms. The Labute approximate surface area is 894 Å². The van der Waals surface area contributed by atoms with Crippen LogP contribution in [-0.4, -0.2) is 237 Å². The van der Waals surface area contributed by atoms with Crippen LogP contribution >= 0.6 is 149 Å². The number of unbranched alkanes of at least 4 members (excludes halogenated alkanes) is 5. The molecule has 0 aliphatic carbocycles. The van der Waals surface area contributed by atoms with Gasteiger partial charge in [-0.2, -0.15) is 47.0 Å². The predicted molar refractivity (Wildman–Crippen MR) is 586 cm³/mol. The number of hydrogen-bond acceptors (Lipinski definition) is 29. The SMILES string of the molecule is COc1ccc(CNC(=O)CSCCC(CCCCC(=O)O)SCC(N)=O)cn1.NC(=O)CSC(CCCCC(=O)O)CCSCC(=O)NCc1ccc(C(N)=O)nc1.NC(=O)CSC(CCCCC(=O)O)CCSCC(=O)NCc1ccccc1F.NC(=O)CSC(CCCCC(=O)O)CCSCC(=O)Nc1ccccc1.O=C(O)CCCCC(CCSC(=O)c1ccc(Br)cc1)SC(=O)c1ccc(Br)cc1. The van der Waals surface area contributed by atoms with Crippen LogP contribution in [0.25, 0.3) is 0 Å². The monoisotopic (exact) mass is 2300 g/mol. The quantitative estimate of drug-likeness (QED) is 0.0158. The molecule has 0 saturated heterocycles. The Morgan fingerprint density at radius 3 is 1.03 bits per heavy atom. The number of nitrogens with zero attached hydrogens (tertiary/aromatic N) is 2. The molecule has 2 aromatic heterocycles. The lowest BCUT2D eigenvalue weighted by Gasteiger charge is -2.15. The molecule has 4 aromatic carbocycles. The number of rotatable bonds is 72. The molecule has 9 amide bonds. The lowest BCUT2D eigenvalue weighted by molar-refractivity contribution is -0.138. The largest absolute Gasteiger partial charge is 0.481 e. The van der Waals surface area contributed by atoms with E-state index in [4.69, 9.17) is 58.9 Å². The van der Waals surface area contributed by atoms with Crippen LogP contribution in [0.5, 0.6) is 5.88 Å². The molecule has 6 rings (SSSR count). The number of nitrogens with two attached hydrogens (primary N) is 5. The summed E-state index contributed by atoms with van der Waals surface area (Å²) >= 11 is 21.3. The van der Waals surface area contributed by atoms with Gasteiger partial charge in [0.25, 0.3) is 5.91 Å². The second-order valence-electron chi connectivity index (χ2n) is 31.6. The molecule has 0 radical (unpaired) electrons. The minimum atomic E-state index is -0.808. The maximum Gasteiger partial charge on any atom is 0.303 e. The van der Waals surface area contributed by atoms with Crippen LogP contribution < -0.4 is 54.7 Å². The number of ether oxygens (including phenoxy) is 1. The third-order valence-electron chi connectivity index (χ3n) is 19.6. The van der Waals surface area contributed by atoms with E-state index in [0.717, 1.165) is 139 Å². The standard InChI is InChI=1S/C22H22Br2O4S2.C19H27FN2O4S2.C19H28N4O5S2.C19H29N3O5S2.C18H26N2O4S2/c23-17-9-5-15(6-10-17)21(27)29-14-13-19(3-1-2-4-20(25)26)30-22(28)16-7-11-18(24)12-8-16;20-16-7-3-1-5-14(16)11-22-18(24)13-27-10-9-15(28-12-17(21)23)6-2-4-8-19(25)26;20-16(24)11-30-14(3-1-2-4-18(26)27)7-8-29-12-17(25)23-10-13-5-6-15(19(21)28)22-9-13;1-27-18-7-6-14(11-22-18)10-21-17(24)13-28-9-8-15(29-12-16(20)23)4-2-3-5-19(25)26;19-16(21)12-26-15(8-4-5-9-18(23)24)10-11-25-13-17(22)20-14-6-2-1-3-7-14/h5-12,19H,1-4,13-14H2,(H,25,26);1,3,5,7,15H,2,4,6,8-13H2,(H2,21,23)(H,22,24)(H,25,26);5-6,9,14H,1-4,7-8,10-12H2,(H2,20,24)(H2,21,28)(H,23,25)(H,26,27);6-7,11,15H,2-5,8-10,12-13H2,1H3,(H2,20,23)(H,21,24)(H,25,26);1-3,6-7,15H,4-5,8-13H2,(H2,19,21)(H,20,22)(H,23,24). The molecule has 143 heavy (non-hydrogen) atoms. The van der Waals surface area contributed by atoms with Gasteiger partial charge in [0.15, 0.2) is 0 Å². The third kappa shape index (κ3) is 73.9. The van der Waals surface area contributed by atoms with E-state index >= 15 is 0 Å². The number of carbonyl (C=O) groups is 16. The van der Waals surface area contributed by atoms with Gasteiger partial charge in [-0.15, -0.1) is 47.0 Å². The number of hydrogen-bond donors (Lipinski definition) is 14. The van der Waals surface area contributed by atoms with E-state index < -0.39 is 35.8 Å². The van der Waals surface area contributed by atoms with Crippen molar-refractivity contribution in [2.75, 3.05) is 87.2 Å². The number of primary amides is 5. The van der Waals surface area contributed by atoms with Crippen molar-refractivity contribution >= 4 is 248 Å². The van der Waals surface area contributed by atoms with E-state index in [-0.39, 0.29) is 163 Å². The van der Waals surface area contributed by atoms with Crippen LogP contribution in [0, 0.1) is 5.82 Å². The fraction of sp³-hybridized carbons (Fsp3) is 0.485. The molecule has 0 bridgehead atoms. The highest BCUT2D eigenvalue weighted by molar-refractivity contribution is 9.10. The normalized spacial score (nSPS) is 11.7. The Hall–Kier alpha value is -8.71. The average molecular weight is 2300 g/mol. The number of aliphatic carboxylic acids is 5. The highest BCUT2D eigenvalue weighted by atomic mass is 79.9. The Kier molecular flexibility index (Phi) is 75.1. The summed E-state index contributed by atoms with van der Waals surface area (Å²) in [5.41, 5.74) is 30.3. The van der Waals surface area contributed by atoms with E-state index in [0.29, 0.717) is 97.2 Å². The molecule has 2 heterocycles. The van der Waals surface area contributed by atoms with Crippen molar-refractivity contribution in [1.82, 2.24) is 25.9 Å². The molecule has 0 saturated carbocycles. The molecule has 0 spiro atoms. The number of carbonyl (C=O) groups excluding carboxylic acids is 11. The van der Waals surface area contributed by atoms with Crippen molar-refractivity contribution in [2.24, 2.45) is 28.7 Å². The molecule has 0 fully saturated rings. The van der Waals surface area contributed by atoms with Gasteiger partial charge in [-0.1, -0.05) is 136 Å². The summed E-state index contributed by atoms with van der Waals surface area (Å²) < 4.78 is 20.3. The fourth-order valence-electron chi connectivity index (χ4n) is 12.2. The van der Waals surface area contributed by atoms with Crippen molar-refractivity contribution in [3.63, 3.8) is 0 Å². The van der Waals surface area contributed by atoms with E-state index in [1.54, 1.807) is 79.7 Å². The number of halogens is 3. The van der Waals surface area contributed by atoms with Crippen molar-refractivity contribution < 1.29 is 111 Å². The number of amides is 9. The Balaban J connectivity index is 0.000000605. The number of carboxylic acid groups (broad SMARTS) is 5. The number of para-hydroxylation sites is 1. The summed E-state index contributed by atoms with van der Waals surface area (Å²) in [6, 6.07) is 36.9. The van der Waals surface area contributed by atoms with Gasteiger partial charge in [-0.3, -0.25) is 81.7 Å². The zero-order valence-electron chi connectivity index (χ0n) is 79.8. The van der Waals surface area contributed by atoms with Gasteiger partial charge in [0, 0.05) is 134 Å². The van der Waals surface area contributed by atoms with E-state index in [1.807, 2.05) is 60.7 Å². The molecule has 6 aromatic rings. The fourth-order valence-corrected chi connectivity index (χ4v) is 23.1. The maximum absolute atomic E-state index is 13.5. The first-order chi connectivity index (χ1) is 68.4. The van der Waals surface area contributed by atoms with Crippen molar-refractivity contribution in [2.45, 2.75) is 206 Å². The molecule has 5 unspecified atom stereocenters. The summed E-state index contributed by atoms with van der Waals surface area (Å²) in [4.78, 5) is 189. The number of nitrogens with one attached hydrogen (secondary N) is 4. The summed E-state index contributed by atoms with van der Waals surface area (Å²) in [6.45, 7) is 0.885. The smallest absolute Gasteiger partial charge is 0.303 e. The van der Waals surface area contributed by atoms with Gasteiger partial charge in [0.05, 0.1) is 53.1 Å². The second kappa shape index (κ2) is 82.4. The van der Waals surface area contributed by atoms with Gasteiger partial charge < -0.3 is 80.2 Å². The number of aromatic nitrogens is 2. The summed E-state index contributed by atoms with van der Waals surface area (Å²) in [6.07, 6.45) is 18.9.